The highest BCUT2D eigenvalue weighted by Crippen LogP contribution is 2.40. The van der Waals surface area contributed by atoms with Crippen LogP contribution in [0, 0.1) is 5.92 Å². The largest absolute Gasteiger partial charge is 0.507 e. The van der Waals surface area contributed by atoms with Crippen LogP contribution in [0.4, 0.5) is 0 Å². The third kappa shape index (κ3) is 6.34. The molecule has 1 heterocycles. The maximum atomic E-state index is 13.3. The molecule has 1 unspecified atom stereocenters. The van der Waals surface area contributed by atoms with E-state index in [1.165, 1.54) is 4.90 Å². The number of aliphatic hydroxyl groups excluding tert-OH is 1. The predicted molar refractivity (Wildman–Crippen MR) is 147 cm³/mol. The Morgan fingerprint density at radius 1 is 0.846 bits per heavy atom. The highest BCUT2D eigenvalue weighted by Gasteiger charge is 2.46. The van der Waals surface area contributed by atoms with E-state index < -0.39 is 17.7 Å². The summed E-state index contributed by atoms with van der Waals surface area (Å²) in [6.07, 6.45) is 0. The topological polar surface area (TPSA) is 94.5 Å². The van der Waals surface area contributed by atoms with Crippen molar-refractivity contribution in [3.05, 3.63) is 89.5 Å². The fourth-order valence-electron chi connectivity index (χ4n) is 4.33. The second kappa shape index (κ2) is 12.4. The van der Waals surface area contributed by atoms with Crippen LogP contribution < -0.4 is 18.9 Å². The van der Waals surface area contributed by atoms with Gasteiger partial charge in [-0.05, 0) is 72.1 Å². The van der Waals surface area contributed by atoms with E-state index in [1.807, 2.05) is 0 Å². The molecule has 1 fully saturated rings. The van der Waals surface area contributed by atoms with Gasteiger partial charge >= 0.3 is 0 Å². The number of Topliss-reactive ketones (excluding diaryl/α,β-unsaturated/α-hetero) is 1. The zero-order valence-corrected chi connectivity index (χ0v) is 22.5. The van der Waals surface area contributed by atoms with Crippen molar-refractivity contribution in [2.75, 3.05) is 34.0 Å². The minimum atomic E-state index is -0.823. The maximum absolute atomic E-state index is 13.3. The molecule has 0 aliphatic carbocycles. The number of nitrogens with zero attached hydrogens (tertiary/aromatic N) is 1. The minimum absolute atomic E-state index is 0.00792. The quantitative estimate of drug-likeness (QED) is 0.205. The van der Waals surface area contributed by atoms with E-state index in [4.69, 9.17) is 18.9 Å². The Morgan fingerprint density at radius 3 is 2.10 bits per heavy atom. The summed E-state index contributed by atoms with van der Waals surface area (Å²) in [4.78, 5) is 27.9. The molecular formula is C31H33NO7. The van der Waals surface area contributed by atoms with Gasteiger partial charge in [0.05, 0.1) is 39.0 Å². The Hall–Kier alpha value is -4.46. The Kier molecular flexibility index (Phi) is 8.76. The number of likely N-dealkylation sites (tertiary alicyclic amines) is 1. The molecule has 0 bridgehead atoms. The van der Waals surface area contributed by atoms with Gasteiger partial charge < -0.3 is 29.0 Å². The highest BCUT2D eigenvalue weighted by atomic mass is 16.5. The van der Waals surface area contributed by atoms with Crippen LogP contribution in [-0.2, 0) is 9.59 Å². The molecular weight excluding hydrogens is 498 g/mol. The first kappa shape index (κ1) is 27.6. The van der Waals surface area contributed by atoms with Crippen LogP contribution in [0.2, 0.25) is 0 Å². The summed E-state index contributed by atoms with van der Waals surface area (Å²) in [7, 11) is 3.13. The fourth-order valence-corrected chi connectivity index (χ4v) is 4.33. The molecule has 204 valence electrons. The molecule has 1 amide bonds. The summed E-state index contributed by atoms with van der Waals surface area (Å²) in [6, 6.07) is 20.2. The molecule has 0 aromatic heterocycles. The van der Waals surface area contributed by atoms with Gasteiger partial charge in [0.15, 0.2) is 0 Å². The lowest BCUT2D eigenvalue weighted by molar-refractivity contribution is -0.140. The van der Waals surface area contributed by atoms with E-state index in [0.717, 1.165) is 0 Å². The summed E-state index contributed by atoms with van der Waals surface area (Å²) in [6.45, 7) is 4.93. The Balaban J connectivity index is 1.64. The number of carbonyl (C=O) groups excluding carboxylic acids is 2. The summed E-state index contributed by atoms with van der Waals surface area (Å²) >= 11 is 0. The van der Waals surface area contributed by atoms with Crippen LogP contribution in [0.25, 0.3) is 5.76 Å². The van der Waals surface area contributed by atoms with Crippen molar-refractivity contribution in [1.82, 2.24) is 4.90 Å². The van der Waals surface area contributed by atoms with Gasteiger partial charge in [-0.15, -0.1) is 0 Å². The second-order valence-corrected chi connectivity index (χ2v) is 9.52. The fraction of sp³-hybridized carbons (Fsp3) is 0.290. The number of carbonyl (C=O) groups is 2. The first-order valence-electron chi connectivity index (χ1n) is 12.7. The SMILES string of the molecule is COc1ccc(OCCN2C(=O)C(=O)/C(=C(\O)c3ccc(OCC(C)C)cc3)C2c2cccc(OC)c2)cc1. The third-order valence-corrected chi connectivity index (χ3v) is 6.32. The van der Waals surface area contributed by atoms with Crippen LogP contribution in [0.1, 0.15) is 31.0 Å². The number of rotatable bonds is 11. The normalized spacial score (nSPS) is 16.4. The molecule has 1 aliphatic rings. The molecule has 1 saturated heterocycles. The van der Waals surface area contributed by atoms with E-state index >= 15 is 0 Å². The predicted octanol–water partition coefficient (Wildman–Crippen LogP) is 5.24. The molecule has 1 atom stereocenters. The molecule has 3 aromatic rings. The number of benzene rings is 3. The summed E-state index contributed by atoms with van der Waals surface area (Å²) < 4.78 is 22.1. The average Bonchev–Trinajstić information content (AvgIpc) is 3.21. The van der Waals surface area contributed by atoms with Crippen LogP contribution in [0.15, 0.2) is 78.4 Å². The molecule has 0 radical (unpaired) electrons. The molecule has 0 spiro atoms. The third-order valence-electron chi connectivity index (χ3n) is 6.32. The lowest BCUT2D eigenvalue weighted by Crippen LogP contribution is -2.33. The van der Waals surface area contributed by atoms with Crippen molar-refractivity contribution in [3.8, 4) is 23.0 Å². The lowest BCUT2D eigenvalue weighted by atomic mass is 9.95. The number of aliphatic hydroxyl groups is 1. The molecule has 8 nitrogen and oxygen atoms in total. The molecule has 0 saturated carbocycles. The summed E-state index contributed by atoms with van der Waals surface area (Å²) in [5, 5.41) is 11.3. The van der Waals surface area contributed by atoms with E-state index in [1.54, 1.807) is 87.0 Å². The standard InChI is InChI=1S/C31H33NO7/c1-20(2)19-39-25-10-8-21(9-11-25)29(33)27-28(22-6-5-7-26(18-22)37-4)32(31(35)30(27)34)16-17-38-24-14-12-23(36-3)13-15-24/h5-15,18,20,28,33H,16-17,19H2,1-4H3/b29-27-. The highest BCUT2D eigenvalue weighted by molar-refractivity contribution is 6.46. The van der Waals surface area contributed by atoms with Gasteiger partial charge in [-0.25, -0.2) is 0 Å². The molecule has 3 aromatic carbocycles. The molecule has 8 heteroatoms. The van der Waals surface area contributed by atoms with Crippen molar-refractivity contribution in [2.45, 2.75) is 19.9 Å². The molecule has 1 aliphatic heterocycles. The van der Waals surface area contributed by atoms with Crippen molar-refractivity contribution in [2.24, 2.45) is 5.92 Å². The van der Waals surface area contributed by atoms with Crippen LogP contribution in [0.3, 0.4) is 0 Å². The van der Waals surface area contributed by atoms with Crippen molar-refractivity contribution in [1.29, 1.82) is 0 Å². The van der Waals surface area contributed by atoms with E-state index in [0.29, 0.717) is 46.6 Å². The summed E-state index contributed by atoms with van der Waals surface area (Å²) in [5.41, 5.74) is 1.05. The van der Waals surface area contributed by atoms with Gasteiger partial charge in [-0.3, -0.25) is 9.59 Å². The summed E-state index contributed by atoms with van der Waals surface area (Å²) in [5.74, 6) is 1.17. The number of hydrogen-bond donors (Lipinski definition) is 1. The van der Waals surface area contributed by atoms with E-state index in [9.17, 15) is 14.7 Å². The zero-order valence-electron chi connectivity index (χ0n) is 22.5. The zero-order chi connectivity index (χ0) is 27.9. The smallest absolute Gasteiger partial charge is 0.295 e. The van der Waals surface area contributed by atoms with Gasteiger partial charge in [-0.1, -0.05) is 26.0 Å². The van der Waals surface area contributed by atoms with Crippen molar-refractivity contribution >= 4 is 17.4 Å². The van der Waals surface area contributed by atoms with Gasteiger partial charge in [0, 0.05) is 5.56 Å². The van der Waals surface area contributed by atoms with Gasteiger partial charge in [0.2, 0.25) is 0 Å². The molecule has 39 heavy (non-hydrogen) atoms. The number of hydrogen-bond acceptors (Lipinski definition) is 7. The Morgan fingerprint density at radius 2 is 1.46 bits per heavy atom. The Labute approximate surface area is 228 Å². The van der Waals surface area contributed by atoms with Gasteiger partial charge in [0.25, 0.3) is 11.7 Å². The first-order chi connectivity index (χ1) is 18.8. The van der Waals surface area contributed by atoms with Crippen molar-refractivity contribution < 1.29 is 33.6 Å². The number of ether oxygens (including phenoxy) is 4. The van der Waals surface area contributed by atoms with Crippen LogP contribution in [-0.4, -0.2) is 55.7 Å². The van der Waals surface area contributed by atoms with E-state index in [-0.39, 0.29) is 24.5 Å². The van der Waals surface area contributed by atoms with Crippen LogP contribution in [0.5, 0.6) is 23.0 Å². The minimum Gasteiger partial charge on any atom is -0.507 e. The number of methoxy groups -OCH3 is 2. The van der Waals surface area contributed by atoms with Crippen LogP contribution >= 0.6 is 0 Å². The second-order valence-electron chi connectivity index (χ2n) is 9.52. The first-order valence-corrected chi connectivity index (χ1v) is 12.7. The average molecular weight is 532 g/mol. The monoisotopic (exact) mass is 531 g/mol. The molecule has 4 rings (SSSR count). The Bertz CT molecular complexity index is 1330. The lowest BCUT2D eigenvalue weighted by Gasteiger charge is -2.25. The van der Waals surface area contributed by atoms with Gasteiger partial charge in [-0.2, -0.15) is 0 Å². The van der Waals surface area contributed by atoms with Gasteiger partial charge in [0.1, 0.15) is 35.4 Å². The number of ketones is 1. The van der Waals surface area contributed by atoms with E-state index in [2.05, 4.69) is 13.8 Å². The molecule has 1 N–H and O–H groups in total. The van der Waals surface area contributed by atoms with Crippen molar-refractivity contribution in [3.63, 3.8) is 0 Å². The number of amides is 1. The maximum Gasteiger partial charge on any atom is 0.295 e.